The topological polar surface area (TPSA) is 41.1 Å². The summed E-state index contributed by atoms with van der Waals surface area (Å²) in [5.41, 5.74) is 1.24. The van der Waals surface area contributed by atoms with Crippen LogP contribution in [0.15, 0.2) is 6.33 Å². The number of rotatable bonds is 9. The monoisotopic (exact) mass is 278 g/mol. The Morgan fingerprint density at radius 2 is 1.95 bits per heavy atom. The fourth-order valence-corrected chi connectivity index (χ4v) is 2.27. The first-order valence-corrected chi connectivity index (χ1v) is 8.00. The summed E-state index contributed by atoms with van der Waals surface area (Å²) in [7, 11) is 0. The van der Waals surface area contributed by atoms with Gasteiger partial charge in [-0.2, -0.15) is 0 Å². The van der Waals surface area contributed by atoms with Crippen LogP contribution in [0.2, 0.25) is 0 Å². The van der Waals surface area contributed by atoms with Gasteiger partial charge in [0.2, 0.25) is 0 Å². The lowest BCUT2D eigenvalue weighted by Gasteiger charge is -2.27. The molecule has 4 heteroatoms. The normalized spacial score (nSPS) is 12.2. The van der Waals surface area contributed by atoms with Crippen molar-refractivity contribution < 1.29 is 0 Å². The van der Waals surface area contributed by atoms with Crippen molar-refractivity contribution in [3.63, 3.8) is 0 Å². The Hall–Kier alpha value is -1.32. The van der Waals surface area contributed by atoms with Crippen LogP contribution in [0, 0.1) is 5.92 Å². The molecule has 0 saturated heterocycles. The first-order chi connectivity index (χ1) is 9.67. The highest BCUT2D eigenvalue weighted by Crippen LogP contribution is 2.25. The first kappa shape index (κ1) is 16.7. The lowest BCUT2D eigenvalue weighted by atomic mass is 10.1. The zero-order valence-corrected chi connectivity index (χ0v) is 13.7. The summed E-state index contributed by atoms with van der Waals surface area (Å²) in [6.45, 7) is 14.1. The van der Waals surface area contributed by atoms with Gasteiger partial charge in [0.1, 0.15) is 18.0 Å². The van der Waals surface area contributed by atoms with Gasteiger partial charge < -0.3 is 10.2 Å². The molecule has 1 heterocycles. The maximum absolute atomic E-state index is 4.55. The van der Waals surface area contributed by atoms with E-state index >= 15 is 0 Å². The van der Waals surface area contributed by atoms with Crippen molar-refractivity contribution in [1.82, 2.24) is 9.97 Å². The van der Waals surface area contributed by atoms with E-state index in [-0.39, 0.29) is 0 Å². The Labute approximate surface area is 124 Å². The Kier molecular flexibility index (Phi) is 7.34. The maximum Gasteiger partial charge on any atom is 0.137 e. The van der Waals surface area contributed by atoms with E-state index in [4.69, 9.17) is 0 Å². The van der Waals surface area contributed by atoms with E-state index in [2.05, 4.69) is 54.8 Å². The molecule has 0 spiro atoms. The van der Waals surface area contributed by atoms with Gasteiger partial charge in [-0.25, -0.2) is 9.97 Å². The van der Waals surface area contributed by atoms with Crippen LogP contribution >= 0.6 is 0 Å². The number of nitrogens with one attached hydrogen (secondary N) is 1. The molecule has 1 aromatic rings. The Balaban J connectivity index is 3.01. The molecule has 0 bridgehead atoms. The van der Waals surface area contributed by atoms with Crippen LogP contribution in [-0.4, -0.2) is 29.6 Å². The molecule has 1 atom stereocenters. The quantitative estimate of drug-likeness (QED) is 0.747. The molecule has 1 rings (SSSR count). The molecule has 1 unspecified atom stereocenters. The van der Waals surface area contributed by atoms with Crippen LogP contribution in [0.4, 0.5) is 11.6 Å². The summed E-state index contributed by atoms with van der Waals surface area (Å²) in [4.78, 5) is 11.3. The molecule has 0 aliphatic heterocycles. The van der Waals surface area contributed by atoms with Gasteiger partial charge in [-0.3, -0.25) is 0 Å². The highest BCUT2D eigenvalue weighted by Gasteiger charge is 2.16. The van der Waals surface area contributed by atoms with E-state index in [9.17, 15) is 0 Å². The smallest absolute Gasteiger partial charge is 0.137 e. The molecule has 0 amide bonds. The summed E-state index contributed by atoms with van der Waals surface area (Å²) in [6.07, 6.45) is 4.95. The number of aromatic nitrogens is 2. The van der Waals surface area contributed by atoms with Crippen LogP contribution < -0.4 is 10.2 Å². The van der Waals surface area contributed by atoms with Crippen molar-refractivity contribution in [2.75, 3.05) is 29.9 Å². The van der Waals surface area contributed by atoms with E-state index in [0.29, 0.717) is 5.92 Å². The zero-order chi connectivity index (χ0) is 15.0. The molecule has 4 nitrogen and oxygen atoms in total. The highest BCUT2D eigenvalue weighted by atomic mass is 15.2. The van der Waals surface area contributed by atoms with E-state index in [1.54, 1.807) is 6.33 Å². The van der Waals surface area contributed by atoms with E-state index in [1.165, 1.54) is 12.0 Å². The molecule has 20 heavy (non-hydrogen) atoms. The van der Waals surface area contributed by atoms with Gasteiger partial charge in [0.05, 0.1) is 0 Å². The molecule has 0 saturated carbocycles. The van der Waals surface area contributed by atoms with Crippen LogP contribution in [0.1, 0.15) is 53.0 Å². The molecular weight excluding hydrogens is 248 g/mol. The van der Waals surface area contributed by atoms with Crippen LogP contribution in [0.3, 0.4) is 0 Å². The summed E-state index contributed by atoms with van der Waals surface area (Å²) < 4.78 is 0. The van der Waals surface area contributed by atoms with Gasteiger partial charge in [0.15, 0.2) is 0 Å². The fraction of sp³-hybridized carbons (Fsp3) is 0.750. The van der Waals surface area contributed by atoms with Gasteiger partial charge in [0, 0.05) is 25.2 Å². The predicted octanol–water partition coefficient (Wildman–Crippen LogP) is 3.73. The van der Waals surface area contributed by atoms with Crippen molar-refractivity contribution in [3.8, 4) is 0 Å². The largest absolute Gasteiger partial charge is 0.370 e. The fourth-order valence-electron chi connectivity index (χ4n) is 2.27. The second-order valence-electron chi connectivity index (χ2n) is 5.36. The molecule has 0 aliphatic rings. The van der Waals surface area contributed by atoms with Crippen LogP contribution in [0.5, 0.6) is 0 Å². The Morgan fingerprint density at radius 1 is 1.20 bits per heavy atom. The minimum atomic E-state index is 0.682. The average Bonchev–Trinajstić information content (AvgIpc) is 2.49. The number of anilines is 2. The van der Waals surface area contributed by atoms with Crippen molar-refractivity contribution in [3.05, 3.63) is 11.9 Å². The third-order valence-electron chi connectivity index (χ3n) is 3.73. The summed E-state index contributed by atoms with van der Waals surface area (Å²) >= 11 is 0. The van der Waals surface area contributed by atoms with Crippen LogP contribution in [-0.2, 0) is 6.42 Å². The lowest BCUT2D eigenvalue weighted by molar-refractivity contribution is 0.544. The van der Waals surface area contributed by atoms with E-state index < -0.39 is 0 Å². The molecule has 0 radical (unpaired) electrons. The lowest BCUT2D eigenvalue weighted by Crippen LogP contribution is -2.30. The third-order valence-corrected chi connectivity index (χ3v) is 3.73. The minimum Gasteiger partial charge on any atom is -0.370 e. The standard InChI is InChI=1S/C16H30N4/c1-6-10-17-15-14(8-3)16(19-12-18-15)20(9-4)11-13(5)7-2/h12-13H,6-11H2,1-5H3,(H,17,18,19). The first-order valence-electron chi connectivity index (χ1n) is 8.00. The number of nitrogens with zero attached hydrogens (tertiary/aromatic N) is 3. The minimum absolute atomic E-state index is 0.682. The van der Waals surface area contributed by atoms with Gasteiger partial charge in [-0.15, -0.1) is 0 Å². The number of hydrogen-bond donors (Lipinski definition) is 1. The maximum atomic E-state index is 4.55. The average molecular weight is 278 g/mol. The van der Waals surface area contributed by atoms with Crippen LogP contribution in [0.25, 0.3) is 0 Å². The number of hydrogen-bond acceptors (Lipinski definition) is 4. The summed E-state index contributed by atoms with van der Waals surface area (Å²) in [5, 5.41) is 3.42. The second-order valence-corrected chi connectivity index (χ2v) is 5.36. The SMILES string of the molecule is CCCNc1ncnc(N(CC)CC(C)CC)c1CC. The molecular formula is C16H30N4. The second kappa shape index (κ2) is 8.77. The molecule has 1 N–H and O–H groups in total. The van der Waals surface area contributed by atoms with Crippen molar-refractivity contribution in [2.24, 2.45) is 5.92 Å². The summed E-state index contributed by atoms with van der Waals surface area (Å²) in [5.74, 6) is 2.78. The van der Waals surface area contributed by atoms with Gasteiger partial charge in [-0.1, -0.05) is 34.1 Å². The van der Waals surface area contributed by atoms with E-state index in [0.717, 1.165) is 44.1 Å². The third kappa shape index (κ3) is 4.36. The van der Waals surface area contributed by atoms with Gasteiger partial charge >= 0.3 is 0 Å². The van der Waals surface area contributed by atoms with E-state index in [1.807, 2.05) is 0 Å². The van der Waals surface area contributed by atoms with Gasteiger partial charge in [0.25, 0.3) is 0 Å². The zero-order valence-electron chi connectivity index (χ0n) is 13.7. The van der Waals surface area contributed by atoms with Crippen molar-refractivity contribution in [1.29, 1.82) is 0 Å². The van der Waals surface area contributed by atoms with Crippen molar-refractivity contribution in [2.45, 2.75) is 53.9 Å². The molecule has 0 fully saturated rings. The van der Waals surface area contributed by atoms with Gasteiger partial charge in [-0.05, 0) is 25.7 Å². The molecule has 114 valence electrons. The molecule has 0 aromatic carbocycles. The Morgan fingerprint density at radius 3 is 2.50 bits per heavy atom. The molecule has 0 aliphatic carbocycles. The Bertz CT molecular complexity index is 392. The molecule has 1 aromatic heterocycles. The summed E-state index contributed by atoms with van der Waals surface area (Å²) in [6, 6.07) is 0. The van der Waals surface area contributed by atoms with Crippen molar-refractivity contribution >= 4 is 11.6 Å². The predicted molar refractivity (Wildman–Crippen MR) is 87.5 cm³/mol. The highest BCUT2D eigenvalue weighted by molar-refractivity contribution is 5.58.